The molecule has 1 aliphatic carbocycles. The fourth-order valence-electron chi connectivity index (χ4n) is 2.84. The van der Waals surface area contributed by atoms with Crippen LogP contribution in [0.1, 0.15) is 37.7 Å². The quantitative estimate of drug-likeness (QED) is 0.845. The van der Waals surface area contributed by atoms with Gasteiger partial charge in [-0.05, 0) is 37.0 Å². The molecule has 1 heterocycles. The molecular weight excluding hydrogens is 250 g/mol. The molecule has 0 radical (unpaired) electrons. The number of carbonyl (C=O) groups is 1. The Balaban J connectivity index is 1.96. The van der Waals surface area contributed by atoms with Gasteiger partial charge in [0.15, 0.2) is 0 Å². The number of rotatable bonds is 4. The Morgan fingerprint density at radius 1 is 1.35 bits per heavy atom. The number of pyridine rings is 1. The molecule has 106 valence electrons. The molecule has 0 unspecified atom stereocenters. The Morgan fingerprint density at radius 2 is 2.00 bits per heavy atom. The molecule has 1 amide bonds. The Kier molecular flexibility index (Phi) is 4.73. The third-order valence-corrected chi connectivity index (χ3v) is 4.16. The summed E-state index contributed by atoms with van der Waals surface area (Å²) in [7, 11) is 1.80. The highest BCUT2D eigenvalue weighted by atomic mass is 16.2. The number of carbonyl (C=O) groups excluding carboxylic acids is 1. The first kappa shape index (κ1) is 14.5. The van der Waals surface area contributed by atoms with Crippen LogP contribution in [0.4, 0.5) is 0 Å². The van der Waals surface area contributed by atoms with Crippen LogP contribution in [0.2, 0.25) is 0 Å². The molecule has 0 N–H and O–H groups in total. The van der Waals surface area contributed by atoms with E-state index in [1.54, 1.807) is 24.3 Å². The third-order valence-electron chi connectivity index (χ3n) is 4.16. The maximum absolute atomic E-state index is 12.6. The lowest BCUT2D eigenvalue weighted by Crippen LogP contribution is -2.43. The van der Waals surface area contributed by atoms with Crippen LogP contribution in [0.3, 0.4) is 0 Å². The number of nitriles is 1. The minimum atomic E-state index is -0.773. The van der Waals surface area contributed by atoms with Crippen molar-refractivity contribution in [2.45, 2.75) is 38.5 Å². The summed E-state index contributed by atoms with van der Waals surface area (Å²) in [5.41, 5.74) is 0.389. The van der Waals surface area contributed by atoms with Crippen molar-refractivity contribution in [1.29, 1.82) is 5.26 Å². The summed E-state index contributed by atoms with van der Waals surface area (Å²) >= 11 is 0. The predicted octanol–water partition coefficient (Wildman–Crippen LogP) is 2.56. The number of amides is 1. The van der Waals surface area contributed by atoms with Crippen LogP contribution in [-0.2, 0) is 11.2 Å². The second-order valence-corrected chi connectivity index (χ2v) is 5.59. The van der Waals surface area contributed by atoms with Gasteiger partial charge in [-0.3, -0.25) is 9.78 Å². The van der Waals surface area contributed by atoms with Crippen LogP contribution in [0, 0.1) is 16.7 Å². The average molecular weight is 271 g/mol. The van der Waals surface area contributed by atoms with E-state index in [0.717, 1.165) is 31.2 Å². The van der Waals surface area contributed by atoms with Crippen molar-refractivity contribution >= 4 is 5.91 Å². The molecule has 1 aromatic rings. The van der Waals surface area contributed by atoms with Crippen molar-refractivity contribution in [2.24, 2.45) is 5.41 Å². The van der Waals surface area contributed by atoms with E-state index in [1.807, 2.05) is 12.1 Å². The summed E-state index contributed by atoms with van der Waals surface area (Å²) in [6.45, 7) is 0.645. The number of nitrogens with zero attached hydrogens (tertiary/aromatic N) is 3. The molecule has 0 aromatic carbocycles. The lowest BCUT2D eigenvalue weighted by atomic mass is 9.74. The maximum Gasteiger partial charge on any atom is 0.242 e. The first-order valence-electron chi connectivity index (χ1n) is 7.24. The van der Waals surface area contributed by atoms with Crippen molar-refractivity contribution in [1.82, 2.24) is 9.88 Å². The van der Waals surface area contributed by atoms with Crippen LogP contribution in [0.15, 0.2) is 24.5 Å². The summed E-state index contributed by atoms with van der Waals surface area (Å²) in [5.74, 6) is -0.00578. The van der Waals surface area contributed by atoms with E-state index in [1.165, 1.54) is 0 Å². The van der Waals surface area contributed by atoms with Gasteiger partial charge >= 0.3 is 0 Å². The van der Waals surface area contributed by atoms with Gasteiger partial charge in [-0.15, -0.1) is 0 Å². The van der Waals surface area contributed by atoms with E-state index in [9.17, 15) is 10.1 Å². The SMILES string of the molecule is CN(CCc1ccncc1)C(=O)C1(C#N)CCCCC1. The number of hydrogen-bond acceptors (Lipinski definition) is 3. The van der Waals surface area contributed by atoms with Crippen molar-refractivity contribution in [2.75, 3.05) is 13.6 Å². The normalized spacial score (nSPS) is 17.2. The standard InChI is InChI=1S/C16H21N3O/c1-19(12-7-14-5-10-18-11-6-14)15(20)16(13-17)8-3-2-4-9-16/h5-6,10-11H,2-4,7-9,12H2,1H3. The molecule has 1 aliphatic rings. The topological polar surface area (TPSA) is 57.0 Å². The summed E-state index contributed by atoms with van der Waals surface area (Å²) in [5, 5.41) is 9.44. The molecule has 0 atom stereocenters. The number of likely N-dealkylation sites (N-methyl/N-ethyl adjacent to an activating group) is 1. The van der Waals surface area contributed by atoms with Crippen LogP contribution in [0.5, 0.6) is 0 Å². The monoisotopic (exact) mass is 271 g/mol. The van der Waals surface area contributed by atoms with Gasteiger partial charge in [-0.2, -0.15) is 5.26 Å². The fraction of sp³-hybridized carbons (Fsp3) is 0.562. The van der Waals surface area contributed by atoms with Crippen LogP contribution in [-0.4, -0.2) is 29.4 Å². The molecule has 1 aromatic heterocycles. The molecule has 2 rings (SSSR count). The van der Waals surface area contributed by atoms with Crippen molar-refractivity contribution < 1.29 is 4.79 Å². The number of hydrogen-bond donors (Lipinski definition) is 0. The van der Waals surface area contributed by atoms with Gasteiger partial charge < -0.3 is 4.90 Å². The summed E-state index contributed by atoms with van der Waals surface area (Å²) in [6.07, 6.45) is 8.84. The smallest absolute Gasteiger partial charge is 0.242 e. The van der Waals surface area contributed by atoms with Crippen LogP contribution >= 0.6 is 0 Å². The lowest BCUT2D eigenvalue weighted by molar-refractivity contribution is -0.139. The zero-order valence-corrected chi connectivity index (χ0v) is 12.0. The Morgan fingerprint density at radius 3 is 2.60 bits per heavy atom. The highest BCUT2D eigenvalue weighted by molar-refractivity contribution is 5.85. The molecule has 1 fully saturated rings. The first-order chi connectivity index (χ1) is 9.68. The number of aromatic nitrogens is 1. The molecule has 0 bridgehead atoms. The predicted molar refractivity (Wildman–Crippen MR) is 76.7 cm³/mol. The fourth-order valence-corrected chi connectivity index (χ4v) is 2.84. The van der Waals surface area contributed by atoms with E-state index >= 15 is 0 Å². The van der Waals surface area contributed by atoms with Crippen LogP contribution < -0.4 is 0 Å². The highest BCUT2D eigenvalue weighted by Gasteiger charge is 2.41. The van der Waals surface area contributed by atoms with E-state index in [-0.39, 0.29) is 5.91 Å². The molecule has 0 aliphatic heterocycles. The average Bonchev–Trinajstić information content (AvgIpc) is 2.53. The second kappa shape index (κ2) is 6.51. The molecule has 4 nitrogen and oxygen atoms in total. The van der Waals surface area contributed by atoms with E-state index in [4.69, 9.17) is 0 Å². The van der Waals surface area contributed by atoms with Gasteiger partial charge in [0.2, 0.25) is 5.91 Å². The lowest BCUT2D eigenvalue weighted by Gasteiger charge is -2.33. The van der Waals surface area contributed by atoms with Gasteiger partial charge in [0, 0.05) is 26.0 Å². The third kappa shape index (κ3) is 3.16. The summed E-state index contributed by atoms with van der Waals surface area (Å²) < 4.78 is 0. The maximum atomic E-state index is 12.6. The molecular formula is C16H21N3O. The van der Waals surface area contributed by atoms with Crippen molar-refractivity contribution in [3.05, 3.63) is 30.1 Å². The zero-order chi connectivity index (χ0) is 14.4. The molecule has 0 spiro atoms. The van der Waals surface area contributed by atoms with Gasteiger partial charge in [0.25, 0.3) is 0 Å². The van der Waals surface area contributed by atoms with Gasteiger partial charge in [0.05, 0.1) is 6.07 Å². The zero-order valence-electron chi connectivity index (χ0n) is 12.0. The minimum absolute atomic E-state index is 0.00578. The Bertz CT molecular complexity index is 486. The summed E-state index contributed by atoms with van der Waals surface area (Å²) in [4.78, 5) is 18.3. The summed E-state index contributed by atoms with van der Waals surface area (Å²) in [6, 6.07) is 6.21. The minimum Gasteiger partial charge on any atom is -0.344 e. The first-order valence-corrected chi connectivity index (χ1v) is 7.24. The van der Waals surface area contributed by atoms with E-state index < -0.39 is 5.41 Å². The van der Waals surface area contributed by atoms with Crippen molar-refractivity contribution in [3.8, 4) is 6.07 Å². The van der Waals surface area contributed by atoms with E-state index in [0.29, 0.717) is 19.4 Å². The largest absolute Gasteiger partial charge is 0.344 e. The van der Waals surface area contributed by atoms with Crippen molar-refractivity contribution in [3.63, 3.8) is 0 Å². The molecule has 1 saturated carbocycles. The van der Waals surface area contributed by atoms with Gasteiger partial charge in [-0.1, -0.05) is 19.3 Å². The highest BCUT2D eigenvalue weighted by Crippen LogP contribution is 2.37. The van der Waals surface area contributed by atoms with Gasteiger partial charge in [0.1, 0.15) is 5.41 Å². The molecule has 0 saturated heterocycles. The van der Waals surface area contributed by atoms with Crippen LogP contribution in [0.25, 0.3) is 0 Å². The Hall–Kier alpha value is -1.89. The van der Waals surface area contributed by atoms with Gasteiger partial charge in [-0.25, -0.2) is 0 Å². The Labute approximate surface area is 120 Å². The second-order valence-electron chi connectivity index (χ2n) is 5.59. The molecule has 4 heteroatoms. The molecule has 20 heavy (non-hydrogen) atoms. The van der Waals surface area contributed by atoms with E-state index in [2.05, 4.69) is 11.1 Å².